The molecule has 0 bridgehead atoms. The van der Waals surface area contributed by atoms with Gasteiger partial charge >= 0.3 is 0 Å². The first-order valence-corrected chi connectivity index (χ1v) is 8.82. The minimum Gasteiger partial charge on any atom is -0.321 e. The number of carbonyl (C=O) groups excluding carboxylic acids is 2. The zero-order chi connectivity index (χ0) is 17.4. The molecular formula is C20H16N2O2S. The quantitative estimate of drug-likeness (QED) is 0.571. The van der Waals surface area contributed by atoms with E-state index in [0.717, 1.165) is 12.1 Å². The van der Waals surface area contributed by atoms with Crippen LogP contribution in [0.2, 0.25) is 0 Å². The second-order valence-corrected chi connectivity index (χ2v) is 7.09. The first-order valence-electron chi connectivity index (χ1n) is 8.00. The molecule has 2 amide bonds. The van der Waals surface area contributed by atoms with Crippen LogP contribution in [-0.4, -0.2) is 11.8 Å². The Hall–Kier alpha value is -2.92. The molecule has 0 radical (unpaired) electrons. The van der Waals surface area contributed by atoms with Crippen molar-refractivity contribution >= 4 is 33.8 Å². The lowest BCUT2D eigenvalue weighted by Crippen LogP contribution is -2.10. The van der Waals surface area contributed by atoms with Gasteiger partial charge in [0.2, 0.25) is 5.91 Å². The zero-order valence-corrected chi connectivity index (χ0v) is 14.4. The van der Waals surface area contributed by atoms with Gasteiger partial charge in [0.25, 0.3) is 5.91 Å². The third-order valence-corrected chi connectivity index (χ3v) is 5.18. The first kappa shape index (κ1) is 15.6. The number of hydrogen-bond acceptors (Lipinski definition) is 3. The highest BCUT2D eigenvalue weighted by Crippen LogP contribution is 2.37. The van der Waals surface area contributed by atoms with E-state index >= 15 is 0 Å². The Morgan fingerprint density at radius 2 is 1.72 bits per heavy atom. The van der Waals surface area contributed by atoms with E-state index in [1.165, 1.54) is 40.5 Å². The van der Waals surface area contributed by atoms with E-state index in [0.29, 0.717) is 9.88 Å². The summed E-state index contributed by atoms with van der Waals surface area (Å²) in [7, 11) is 0. The summed E-state index contributed by atoms with van der Waals surface area (Å²) in [5, 5.41) is 6.30. The number of amides is 2. The summed E-state index contributed by atoms with van der Waals surface area (Å²) in [6.07, 6.45) is 0.890. The maximum Gasteiger partial charge on any atom is 0.265 e. The number of rotatable bonds is 3. The second-order valence-electron chi connectivity index (χ2n) is 6.01. The Labute approximate surface area is 149 Å². The lowest BCUT2D eigenvalue weighted by atomic mass is 10.1. The lowest BCUT2D eigenvalue weighted by molar-refractivity contribution is -0.114. The van der Waals surface area contributed by atoms with Gasteiger partial charge in [-0.05, 0) is 52.9 Å². The fourth-order valence-corrected chi connectivity index (χ4v) is 3.96. The largest absolute Gasteiger partial charge is 0.321 e. The van der Waals surface area contributed by atoms with Crippen LogP contribution < -0.4 is 10.6 Å². The molecule has 0 unspecified atom stereocenters. The van der Waals surface area contributed by atoms with Gasteiger partial charge in [-0.1, -0.05) is 30.3 Å². The van der Waals surface area contributed by atoms with Crippen LogP contribution in [0.3, 0.4) is 0 Å². The Balaban J connectivity index is 1.52. The first-order chi connectivity index (χ1) is 12.1. The molecule has 5 heteroatoms. The van der Waals surface area contributed by atoms with E-state index in [-0.39, 0.29) is 11.8 Å². The minimum atomic E-state index is -0.169. The number of benzene rings is 2. The molecule has 0 spiro atoms. The predicted molar refractivity (Wildman–Crippen MR) is 101 cm³/mol. The van der Waals surface area contributed by atoms with Gasteiger partial charge in [-0.2, -0.15) is 0 Å². The van der Waals surface area contributed by atoms with Gasteiger partial charge in [-0.3, -0.25) is 9.59 Å². The van der Waals surface area contributed by atoms with Crippen LogP contribution in [-0.2, 0) is 11.2 Å². The molecule has 0 saturated carbocycles. The normalized spacial score (nSPS) is 11.6. The van der Waals surface area contributed by atoms with Crippen molar-refractivity contribution in [3.8, 4) is 11.1 Å². The molecule has 2 N–H and O–H groups in total. The van der Waals surface area contributed by atoms with Crippen molar-refractivity contribution in [3.63, 3.8) is 0 Å². The van der Waals surface area contributed by atoms with Crippen LogP contribution in [0.25, 0.3) is 11.1 Å². The summed E-state index contributed by atoms with van der Waals surface area (Å²) in [6.45, 7) is 1.45. The SMILES string of the molecule is CC(=O)Nc1ccc(C(=O)Nc2ccc3c(c2)Cc2ccccc2-3)s1. The standard InChI is InChI=1S/C20H16N2O2S/c1-12(23)21-19-9-8-18(25-19)20(24)22-15-6-7-17-14(11-15)10-13-4-2-3-5-16(13)17/h2-9,11H,10H2,1H3,(H,21,23)(H,22,24). The monoisotopic (exact) mass is 348 g/mol. The summed E-state index contributed by atoms with van der Waals surface area (Å²) in [5.74, 6) is -0.316. The van der Waals surface area contributed by atoms with Crippen LogP contribution in [0.5, 0.6) is 0 Å². The van der Waals surface area contributed by atoms with E-state index in [1.807, 2.05) is 18.2 Å². The molecule has 0 fully saturated rings. The van der Waals surface area contributed by atoms with Gasteiger partial charge in [0, 0.05) is 12.6 Å². The van der Waals surface area contributed by atoms with Crippen molar-refractivity contribution in [3.05, 3.63) is 70.6 Å². The number of anilines is 2. The molecule has 1 heterocycles. The maximum atomic E-state index is 12.4. The molecule has 3 aromatic rings. The summed E-state index contributed by atoms with van der Waals surface area (Å²) < 4.78 is 0. The highest BCUT2D eigenvalue weighted by atomic mass is 32.1. The Morgan fingerprint density at radius 3 is 2.56 bits per heavy atom. The third kappa shape index (κ3) is 3.06. The summed E-state index contributed by atoms with van der Waals surface area (Å²) >= 11 is 1.26. The molecule has 0 saturated heterocycles. The van der Waals surface area contributed by atoms with Crippen LogP contribution in [0.1, 0.15) is 27.7 Å². The smallest absolute Gasteiger partial charge is 0.265 e. The number of fused-ring (bicyclic) bond motifs is 3. The topological polar surface area (TPSA) is 58.2 Å². The van der Waals surface area contributed by atoms with Crippen molar-refractivity contribution < 1.29 is 9.59 Å². The molecule has 0 aliphatic heterocycles. The molecule has 1 aromatic heterocycles. The Morgan fingerprint density at radius 1 is 0.920 bits per heavy atom. The van der Waals surface area contributed by atoms with Crippen LogP contribution in [0.15, 0.2) is 54.6 Å². The van der Waals surface area contributed by atoms with E-state index in [4.69, 9.17) is 0 Å². The molecule has 4 rings (SSSR count). The van der Waals surface area contributed by atoms with E-state index in [1.54, 1.807) is 12.1 Å². The van der Waals surface area contributed by atoms with Crippen LogP contribution in [0, 0.1) is 0 Å². The molecule has 0 atom stereocenters. The average molecular weight is 348 g/mol. The highest BCUT2D eigenvalue weighted by Gasteiger charge is 2.18. The lowest BCUT2D eigenvalue weighted by Gasteiger charge is -2.07. The van der Waals surface area contributed by atoms with E-state index < -0.39 is 0 Å². The second kappa shape index (κ2) is 6.18. The van der Waals surface area contributed by atoms with Crippen molar-refractivity contribution in [1.82, 2.24) is 0 Å². The number of nitrogens with one attached hydrogen (secondary N) is 2. The van der Waals surface area contributed by atoms with Gasteiger partial charge < -0.3 is 10.6 Å². The molecule has 124 valence electrons. The van der Waals surface area contributed by atoms with Gasteiger partial charge in [0.05, 0.1) is 9.88 Å². The fourth-order valence-electron chi connectivity index (χ4n) is 3.12. The van der Waals surface area contributed by atoms with Crippen molar-refractivity contribution in [2.45, 2.75) is 13.3 Å². The molecular weight excluding hydrogens is 332 g/mol. The fraction of sp³-hybridized carbons (Fsp3) is 0.100. The average Bonchev–Trinajstić information content (AvgIpc) is 3.18. The van der Waals surface area contributed by atoms with Crippen molar-refractivity contribution in [1.29, 1.82) is 0 Å². The van der Waals surface area contributed by atoms with Crippen LogP contribution >= 0.6 is 11.3 Å². The van der Waals surface area contributed by atoms with Gasteiger partial charge in [-0.25, -0.2) is 0 Å². The number of hydrogen-bond donors (Lipinski definition) is 2. The Bertz CT molecular complexity index is 991. The molecule has 4 nitrogen and oxygen atoms in total. The van der Waals surface area contributed by atoms with Gasteiger partial charge in [0.1, 0.15) is 0 Å². The zero-order valence-electron chi connectivity index (χ0n) is 13.6. The Kier molecular flexibility index (Phi) is 3.86. The van der Waals surface area contributed by atoms with E-state index in [2.05, 4.69) is 34.9 Å². The van der Waals surface area contributed by atoms with Crippen molar-refractivity contribution in [2.24, 2.45) is 0 Å². The van der Waals surface area contributed by atoms with E-state index in [9.17, 15) is 9.59 Å². The van der Waals surface area contributed by atoms with Gasteiger partial charge in [-0.15, -0.1) is 11.3 Å². The summed E-state index contributed by atoms with van der Waals surface area (Å²) in [5.41, 5.74) is 5.83. The predicted octanol–water partition coefficient (Wildman–Crippen LogP) is 4.53. The van der Waals surface area contributed by atoms with Crippen molar-refractivity contribution in [2.75, 3.05) is 10.6 Å². The molecule has 1 aliphatic rings. The molecule has 1 aliphatic carbocycles. The summed E-state index contributed by atoms with van der Waals surface area (Å²) in [4.78, 5) is 24.1. The summed E-state index contributed by atoms with van der Waals surface area (Å²) in [6, 6.07) is 17.9. The number of thiophene rings is 1. The third-order valence-electron chi connectivity index (χ3n) is 4.18. The highest BCUT2D eigenvalue weighted by molar-refractivity contribution is 7.18. The maximum absolute atomic E-state index is 12.4. The van der Waals surface area contributed by atoms with Gasteiger partial charge in [0.15, 0.2) is 0 Å². The number of carbonyl (C=O) groups is 2. The molecule has 2 aromatic carbocycles. The molecule has 25 heavy (non-hydrogen) atoms. The minimum absolute atomic E-state index is 0.146. The van der Waals surface area contributed by atoms with Crippen LogP contribution in [0.4, 0.5) is 10.7 Å².